The molecule has 1 saturated heterocycles. The first-order valence-corrected chi connectivity index (χ1v) is 5.99. The van der Waals surface area contributed by atoms with Gasteiger partial charge < -0.3 is 9.84 Å². The van der Waals surface area contributed by atoms with Crippen molar-refractivity contribution in [1.29, 1.82) is 0 Å². The molecular weight excluding hydrogens is 220 g/mol. The maximum absolute atomic E-state index is 11.9. The Balaban J connectivity index is 2.33. The highest BCUT2D eigenvalue weighted by Gasteiger charge is 2.65. The third kappa shape index (κ3) is 1.54. The van der Waals surface area contributed by atoms with E-state index in [1.807, 2.05) is 0 Å². The third-order valence-corrected chi connectivity index (χ3v) is 4.33. The summed E-state index contributed by atoms with van der Waals surface area (Å²) in [6.07, 6.45) is 3.63. The molecule has 2 rings (SSSR count). The molecule has 2 aliphatic rings. The van der Waals surface area contributed by atoms with Gasteiger partial charge in [-0.2, -0.15) is 0 Å². The molecular formula is C13H18O4. The van der Waals surface area contributed by atoms with Gasteiger partial charge in [0.05, 0.1) is 11.3 Å². The van der Waals surface area contributed by atoms with Crippen LogP contribution in [0, 0.1) is 11.3 Å². The quantitative estimate of drug-likeness (QED) is 0.593. The molecule has 0 radical (unpaired) electrons. The second kappa shape index (κ2) is 3.95. The number of fused-ring (bicyclic) bond motifs is 1. The van der Waals surface area contributed by atoms with Crippen molar-refractivity contribution in [2.75, 3.05) is 6.61 Å². The lowest BCUT2D eigenvalue weighted by Gasteiger charge is -2.44. The number of hydrogen-bond donors (Lipinski definition) is 1. The minimum absolute atomic E-state index is 0.0325. The summed E-state index contributed by atoms with van der Waals surface area (Å²) >= 11 is 0. The van der Waals surface area contributed by atoms with Gasteiger partial charge in [-0.25, -0.2) is 0 Å². The zero-order chi connectivity index (χ0) is 12.7. The van der Waals surface area contributed by atoms with E-state index in [4.69, 9.17) is 4.74 Å². The summed E-state index contributed by atoms with van der Waals surface area (Å²) in [5.74, 6) is -0.855. The summed E-state index contributed by atoms with van der Waals surface area (Å²) in [4.78, 5) is 23.7. The zero-order valence-electron chi connectivity index (χ0n) is 10.1. The molecule has 1 unspecified atom stereocenters. The van der Waals surface area contributed by atoms with E-state index in [0.29, 0.717) is 25.7 Å². The van der Waals surface area contributed by atoms with Crippen molar-refractivity contribution >= 4 is 11.8 Å². The van der Waals surface area contributed by atoms with Gasteiger partial charge in [-0.15, -0.1) is 6.58 Å². The van der Waals surface area contributed by atoms with Gasteiger partial charge in [-0.3, -0.25) is 9.59 Å². The van der Waals surface area contributed by atoms with Crippen LogP contribution in [0.5, 0.6) is 0 Å². The molecule has 0 spiro atoms. The van der Waals surface area contributed by atoms with Crippen LogP contribution < -0.4 is 0 Å². The van der Waals surface area contributed by atoms with Gasteiger partial charge in [-0.1, -0.05) is 6.08 Å². The Labute approximate surface area is 101 Å². The summed E-state index contributed by atoms with van der Waals surface area (Å²) in [6.45, 7) is 5.26. The van der Waals surface area contributed by atoms with Gasteiger partial charge in [0.15, 0.2) is 0 Å². The number of rotatable bonds is 3. The fraction of sp³-hybridized carbons (Fsp3) is 0.692. The molecule has 1 heterocycles. The first kappa shape index (κ1) is 12.3. The number of cyclic esters (lactones) is 1. The molecule has 1 aliphatic heterocycles. The number of ether oxygens (including phenoxy) is 1. The normalized spacial score (nSPS) is 40.9. The van der Waals surface area contributed by atoms with Crippen LogP contribution in [-0.2, 0) is 14.3 Å². The van der Waals surface area contributed by atoms with Crippen molar-refractivity contribution in [1.82, 2.24) is 0 Å². The SMILES string of the molecule is C=CCCC1C(=O)CC[C@]2(C)C(=O)OC[C@]12O. The first-order chi connectivity index (χ1) is 7.95. The number of aliphatic hydroxyl groups is 1. The van der Waals surface area contributed by atoms with Gasteiger partial charge in [0, 0.05) is 6.42 Å². The Hall–Kier alpha value is -1.16. The van der Waals surface area contributed by atoms with Crippen LogP contribution in [0.4, 0.5) is 0 Å². The monoisotopic (exact) mass is 238 g/mol. The molecule has 3 atom stereocenters. The van der Waals surface area contributed by atoms with Crippen LogP contribution in [0.1, 0.15) is 32.6 Å². The lowest BCUT2D eigenvalue weighted by Crippen LogP contribution is -2.58. The Morgan fingerprint density at radius 1 is 1.59 bits per heavy atom. The van der Waals surface area contributed by atoms with E-state index >= 15 is 0 Å². The van der Waals surface area contributed by atoms with Gasteiger partial charge in [0.25, 0.3) is 0 Å². The average molecular weight is 238 g/mol. The van der Waals surface area contributed by atoms with Gasteiger partial charge >= 0.3 is 5.97 Å². The van der Waals surface area contributed by atoms with Gasteiger partial charge in [0.2, 0.25) is 0 Å². The maximum atomic E-state index is 11.9. The smallest absolute Gasteiger partial charge is 0.315 e. The Kier molecular flexibility index (Phi) is 2.86. The maximum Gasteiger partial charge on any atom is 0.315 e. The molecule has 1 aliphatic carbocycles. The Morgan fingerprint density at radius 2 is 2.29 bits per heavy atom. The summed E-state index contributed by atoms with van der Waals surface area (Å²) in [7, 11) is 0. The van der Waals surface area contributed by atoms with E-state index in [9.17, 15) is 14.7 Å². The minimum Gasteiger partial charge on any atom is -0.462 e. The third-order valence-electron chi connectivity index (χ3n) is 4.33. The highest BCUT2D eigenvalue weighted by Crippen LogP contribution is 2.51. The highest BCUT2D eigenvalue weighted by molar-refractivity contribution is 5.90. The van der Waals surface area contributed by atoms with E-state index in [0.717, 1.165) is 0 Å². The number of hydrogen-bond acceptors (Lipinski definition) is 4. The number of esters is 1. The highest BCUT2D eigenvalue weighted by atomic mass is 16.6. The van der Waals surface area contributed by atoms with E-state index in [2.05, 4.69) is 6.58 Å². The predicted octanol–water partition coefficient (Wildman–Crippen LogP) is 1.23. The molecule has 4 heteroatoms. The largest absolute Gasteiger partial charge is 0.462 e. The van der Waals surface area contributed by atoms with Crippen molar-refractivity contribution in [3.63, 3.8) is 0 Å². The van der Waals surface area contributed by atoms with Gasteiger partial charge in [0.1, 0.15) is 18.0 Å². The lowest BCUT2D eigenvalue weighted by atomic mass is 9.59. The number of ketones is 1. The van der Waals surface area contributed by atoms with E-state index in [1.54, 1.807) is 13.0 Å². The second-order valence-electron chi connectivity index (χ2n) is 5.22. The molecule has 0 aromatic carbocycles. The number of allylic oxidation sites excluding steroid dienone is 1. The van der Waals surface area contributed by atoms with Crippen LogP contribution >= 0.6 is 0 Å². The van der Waals surface area contributed by atoms with Crippen LogP contribution in [0.25, 0.3) is 0 Å². The molecule has 94 valence electrons. The average Bonchev–Trinajstić information content (AvgIpc) is 2.53. The fourth-order valence-electron chi connectivity index (χ4n) is 2.97. The molecule has 4 nitrogen and oxygen atoms in total. The predicted molar refractivity (Wildman–Crippen MR) is 61.2 cm³/mol. The Bertz CT molecular complexity index is 376. The minimum atomic E-state index is -1.33. The van der Waals surface area contributed by atoms with Gasteiger partial charge in [-0.05, 0) is 26.2 Å². The number of carbonyl (C=O) groups is 2. The molecule has 1 N–H and O–H groups in total. The van der Waals surface area contributed by atoms with Crippen molar-refractivity contribution in [3.8, 4) is 0 Å². The van der Waals surface area contributed by atoms with E-state index in [1.165, 1.54) is 0 Å². The lowest BCUT2D eigenvalue weighted by molar-refractivity contribution is -0.161. The summed E-state index contributed by atoms with van der Waals surface area (Å²) in [6, 6.07) is 0. The second-order valence-corrected chi connectivity index (χ2v) is 5.22. The fourth-order valence-corrected chi connectivity index (χ4v) is 2.97. The molecule has 0 amide bonds. The Morgan fingerprint density at radius 3 is 2.94 bits per heavy atom. The van der Waals surface area contributed by atoms with Crippen molar-refractivity contribution < 1.29 is 19.4 Å². The topological polar surface area (TPSA) is 63.6 Å². The van der Waals surface area contributed by atoms with E-state index in [-0.39, 0.29) is 18.4 Å². The van der Waals surface area contributed by atoms with Crippen LogP contribution in [0.15, 0.2) is 12.7 Å². The number of Topliss-reactive ketones (excluding diaryl/α,β-unsaturated/α-hetero) is 1. The van der Waals surface area contributed by atoms with Crippen LogP contribution in [0.2, 0.25) is 0 Å². The van der Waals surface area contributed by atoms with Crippen molar-refractivity contribution in [3.05, 3.63) is 12.7 Å². The van der Waals surface area contributed by atoms with Crippen LogP contribution in [0.3, 0.4) is 0 Å². The number of carbonyl (C=O) groups excluding carboxylic acids is 2. The molecule has 17 heavy (non-hydrogen) atoms. The van der Waals surface area contributed by atoms with Crippen LogP contribution in [-0.4, -0.2) is 29.1 Å². The summed E-state index contributed by atoms with van der Waals surface area (Å²) in [5, 5.41) is 10.7. The van der Waals surface area contributed by atoms with E-state index < -0.39 is 16.9 Å². The molecule has 0 bridgehead atoms. The van der Waals surface area contributed by atoms with Crippen molar-refractivity contribution in [2.24, 2.45) is 11.3 Å². The zero-order valence-corrected chi connectivity index (χ0v) is 10.1. The standard InChI is InChI=1S/C13H18O4/c1-3-4-5-9-10(14)6-7-12(2)11(15)17-8-13(9,12)16/h3,9,16H,1,4-8H2,2H3/t9?,12-,13+/m1/s1. The first-order valence-electron chi connectivity index (χ1n) is 5.99. The van der Waals surface area contributed by atoms with Crippen molar-refractivity contribution in [2.45, 2.75) is 38.2 Å². The molecule has 0 aromatic heterocycles. The molecule has 0 aromatic rings. The molecule has 1 saturated carbocycles. The molecule has 2 fully saturated rings. The summed E-state index contributed by atoms with van der Waals surface area (Å²) < 4.78 is 5.00. The summed E-state index contributed by atoms with van der Waals surface area (Å²) in [5.41, 5.74) is -2.25.